The molecule has 1 aromatic heterocycles. The molecule has 0 aliphatic carbocycles. The van der Waals surface area contributed by atoms with Crippen LogP contribution in [-0.2, 0) is 14.8 Å². The Hall–Kier alpha value is -2.92. The minimum atomic E-state index is -3.68. The summed E-state index contributed by atoms with van der Waals surface area (Å²) in [5.74, 6) is -0.877. The van der Waals surface area contributed by atoms with E-state index in [1.807, 2.05) is 6.92 Å². The third-order valence-electron chi connectivity index (χ3n) is 4.94. The monoisotopic (exact) mass is 436 g/mol. The van der Waals surface area contributed by atoms with Crippen molar-refractivity contribution in [2.75, 3.05) is 32.8 Å². The van der Waals surface area contributed by atoms with Gasteiger partial charge in [0.1, 0.15) is 17.5 Å². The maximum atomic E-state index is 12.9. The molecule has 3 rings (SSSR count). The number of piperazine rings is 1. The van der Waals surface area contributed by atoms with Crippen LogP contribution in [0.4, 0.5) is 0 Å². The number of carboxylic acid groups (broad SMARTS) is 1. The average molecular weight is 436 g/mol. The number of carbonyl (C=O) groups excluding carboxylic acids is 1. The second-order valence-electron chi connectivity index (χ2n) is 6.78. The molecular weight excluding hydrogens is 412 g/mol. The molecule has 1 fully saturated rings. The summed E-state index contributed by atoms with van der Waals surface area (Å²) in [5, 5.41) is 13.1. The van der Waals surface area contributed by atoms with Crippen molar-refractivity contribution in [3.05, 3.63) is 42.2 Å². The van der Waals surface area contributed by atoms with Gasteiger partial charge in [0.05, 0.1) is 11.5 Å². The predicted octanol–water partition coefficient (Wildman–Crippen LogP) is 1.07. The summed E-state index contributed by atoms with van der Waals surface area (Å²) in [6.45, 7) is 4.64. The van der Waals surface area contributed by atoms with Gasteiger partial charge in [-0.15, -0.1) is 0 Å². The summed E-state index contributed by atoms with van der Waals surface area (Å²) in [6, 6.07) is 6.76. The van der Waals surface area contributed by atoms with Crippen LogP contribution in [0.3, 0.4) is 0 Å². The number of aromatic nitrogens is 2. The summed E-state index contributed by atoms with van der Waals surface area (Å²) in [7, 11) is -3.68. The normalized spacial score (nSPS) is 16.3. The number of rotatable bonds is 7. The fourth-order valence-corrected chi connectivity index (χ4v) is 4.76. The van der Waals surface area contributed by atoms with Crippen LogP contribution in [0.5, 0.6) is 5.75 Å². The van der Waals surface area contributed by atoms with Crippen LogP contribution in [0, 0.1) is 0 Å². The molecule has 11 heteroatoms. The minimum Gasteiger partial charge on any atom is -0.494 e. The summed E-state index contributed by atoms with van der Waals surface area (Å²) in [6.07, 6.45) is 1.33. The Kier molecular flexibility index (Phi) is 6.42. The van der Waals surface area contributed by atoms with E-state index in [1.54, 1.807) is 19.1 Å². The Bertz CT molecular complexity index is 1010. The van der Waals surface area contributed by atoms with Crippen molar-refractivity contribution in [2.24, 2.45) is 0 Å². The van der Waals surface area contributed by atoms with E-state index >= 15 is 0 Å². The lowest BCUT2D eigenvalue weighted by molar-refractivity contribution is -0.135. The molecule has 1 aliphatic rings. The summed E-state index contributed by atoms with van der Waals surface area (Å²) in [5.41, 5.74) is -0.0763. The molecule has 10 nitrogen and oxygen atoms in total. The lowest BCUT2D eigenvalue weighted by atomic mass is 10.2. The van der Waals surface area contributed by atoms with E-state index in [2.05, 4.69) is 5.10 Å². The molecule has 1 N–H and O–H groups in total. The number of benzene rings is 1. The highest BCUT2D eigenvalue weighted by atomic mass is 32.2. The molecule has 2 heterocycles. The quantitative estimate of drug-likeness (QED) is 0.689. The van der Waals surface area contributed by atoms with Crippen LogP contribution in [0.2, 0.25) is 0 Å². The van der Waals surface area contributed by atoms with Gasteiger partial charge in [-0.2, -0.15) is 9.40 Å². The molecule has 162 valence electrons. The standard InChI is InChI=1S/C19H24N4O6S/c1-3-29-15-4-6-16(7-5-15)30(27,28)22-12-10-21(11-13-22)18(24)14(2)23-17(19(25)26)8-9-20-23/h4-9,14H,3,10-13H2,1-2H3,(H,25,26). The van der Waals surface area contributed by atoms with Gasteiger partial charge in [-0.3, -0.25) is 4.79 Å². The number of hydrogen-bond donors (Lipinski definition) is 1. The first-order chi connectivity index (χ1) is 14.3. The van der Waals surface area contributed by atoms with Gasteiger partial charge in [-0.1, -0.05) is 0 Å². The first kappa shape index (κ1) is 21.8. The topological polar surface area (TPSA) is 122 Å². The number of carbonyl (C=O) groups is 2. The molecule has 1 aliphatic heterocycles. The van der Waals surface area contributed by atoms with Crippen molar-refractivity contribution >= 4 is 21.9 Å². The Morgan fingerprint density at radius 1 is 1.13 bits per heavy atom. The predicted molar refractivity (Wildman–Crippen MR) is 107 cm³/mol. The van der Waals surface area contributed by atoms with Crippen LogP contribution in [0.15, 0.2) is 41.4 Å². The van der Waals surface area contributed by atoms with E-state index in [9.17, 15) is 23.1 Å². The van der Waals surface area contributed by atoms with Gasteiger partial charge in [0.15, 0.2) is 0 Å². The Balaban J connectivity index is 1.65. The fraction of sp³-hybridized carbons (Fsp3) is 0.421. The Labute approximate surface area is 174 Å². The summed E-state index contributed by atoms with van der Waals surface area (Å²) in [4.78, 5) is 25.7. The first-order valence-electron chi connectivity index (χ1n) is 9.54. The Morgan fingerprint density at radius 2 is 1.77 bits per heavy atom. The molecular formula is C19H24N4O6S. The van der Waals surface area contributed by atoms with Crippen molar-refractivity contribution < 1.29 is 27.9 Å². The van der Waals surface area contributed by atoms with Gasteiger partial charge in [0.25, 0.3) is 0 Å². The van der Waals surface area contributed by atoms with E-state index < -0.39 is 22.0 Å². The van der Waals surface area contributed by atoms with E-state index in [-0.39, 0.29) is 42.7 Å². The smallest absolute Gasteiger partial charge is 0.354 e. The minimum absolute atomic E-state index is 0.0763. The number of ether oxygens (including phenoxy) is 1. The number of amides is 1. The second kappa shape index (κ2) is 8.84. The number of aromatic carboxylic acids is 1. The van der Waals surface area contributed by atoms with Gasteiger partial charge in [-0.05, 0) is 44.2 Å². The maximum Gasteiger partial charge on any atom is 0.354 e. The lowest BCUT2D eigenvalue weighted by Crippen LogP contribution is -2.52. The van der Waals surface area contributed by atoms with Crippen LogP contribution >= 0.6 is 0 Å². The van der Waals surface area contributed by atoms with E-state index in [0.717, 1.165) is 4.68 Å². The van der Waals surface area contributed by atoms with E-state index in [1.165, 1.54) is 33.6 Å². The van der Waals surface area contributed by atoms with Crippen molar-refractivity contribution in [3.8, 4) is 5.75 Å². The zero-order chi connectivity index (χ0) is 21.9. The first-order valence-corrected chi connectivity index (χ1v) is 11.0. The van der Waals surface area contributed by atoms with Crippen LogP contribution in [-0.4, -0.2) is 77.2 Å². The molecule has 0 bridgehead atoms. The molecule has 0 radical (unpaired) electrons. The second-order valence-corrected chi connectivity index (χ2v) is 8.71. The third kappa shape index (κ3) is 4.31. The third-order valence-corrected chi connectivity index (χ3v) is 6.85. The summed E-state index contributed by atoms with van der Waals surface area (Å²) >= 11 is 0. The highest BCUT2D eigenvalue weighted by Gasteiger charge is 2.32. The SMILES string of the molecule is CCOc1ccc(S(=O)(=O)N2CCN(C(=O)C(C)n3nccc3C(=O)O)CC2)cc1. The zero-order valence-electron chi connectivity index (χ0n) is 16.8. The molecule has 2 aromatic rings. The maximum absolute atomic E-state index is 12.9. The van der Waals surface area contributed by atoms with Crippen LogP contribution < -0.4 is 4.74 Å². The molecule has 1 amide bonds. The van der Waals surface area contributed by atoms with Gasteiger partial charge in [0.2, 0.25) is 15.9 Å². The molecule has 1 aromatic carbocycles. The number of hydrogen-bond acceptors (Lipinski definition) is 6. The molecule has 1 unspecified atom stereocenters. The number of nitrogens with zero attached hydrogens (tertiary/aromatic N) is 4. The number of sulfonamides is 1. The lowest BCUT2D eigenvalue weighted by Gasteiger charge is -2.35. The van der Waals surface area contributed by atoms with Gasteiger partial charge in [0, 0.05) is 32.4 Å². The average Bonchev–Trinajstić information content (AvgIpc) is 3.24. The van der Waals surface area contributed by atoms with E-state index in [4.69, 9.17) is 4.74 Å². The molecule has 1 atom stereocenters. The van der Waals surface area contributed by atoms with Crippen LogP contribution in [0.25, 0.3) is 0 Å². The van der Waals surface area contributed by atoms with Crippen molar-refractivity contribution in [2.45, 2.75) is 24.8 Å². The van der Waals surface area contributed by atoms with E-state index in [0.29, 0.717) is 12.4 Å². The fourth-order valence-electron chi connectivity index (χ4n) is 3.33. The Morgan fingerprint density at radius 3 is 2.33 bits per heavy atom. The number of carboxylic acids is 1. The highest BCUT2D eigenvalue weighted by molar-refractivity contribution is 7.89. The largest absolute Gasteiger partial charge is 0.494 e. The van der Waals surface area contributed by atoms with Gasteiger partial charge in [-0.25, -0.2) is 17.9 Å². The van der Waals surface area contributed by atoms with Crippen molar-refractivity contribution in [1.29, 1.82) is 0 Å². The molecule has 0 spiro atoms. The highest BCUT2D eigenvalue weighted by Crippen LogP contribution is 2.22. The summed E-state index contributed by atoms with van der Waals surface area (Å²) < 4.78 is 33.6. The molecule has 1 saturated heterocycles. The zero-order valence-corrected chi connectivity index (χ0v) is 17.6. The van der Waals surface area contributed by atoms with Gasteiger partial charge >= 0.3 is 5.97 Å². The van der Waals surface area contributed by atoms with Crippen LogP contribution in [0.1, 0.15) is 30.4 Å². The molecule has 30 heavy (non-hydrogen) atoms. The van der Waals surface area contributed by atoms with Gasteiger partial charge < -0.3 is 14.7 Å². The molecule has 0 saturated carbocycles. The van der Waals surface area contributed by atoms with Crippen molar-refractivity contribution in [1.82, 2.24) is 19.0 Å². The van der Waals surface area contributed by atoms with Crippen molar-refractivity contribution in [3.63, 3.8) is 0 Å².